The summed E-state index contributed by atoms with van der Waals surface area (Å²) in [6.45, 7) is 4.19. The Morgan fingerprint density at radius 1 is 1.25 bits per heavy atom. The molecule has 1 amide bonds. The van der Waals surface area contributed by atoms with Crippen molar-refractivity contribution >= 4 is 17.7 Å². The van der Waals surface area contributed by atoms with Crippen LogP contribution in [0.5, 0.6) is 0 Å². The van der Waals surface area contributed by atoms with E-state index in [1.54, 1.807) is 12.1 Å². The zero-order chi connectivity index (χ0) is 17.1. The molecule has 5 nitrogen and oxygen atoms in total. The summed E-state index contributed by atoms with van der Waals surface area (Å²) in [5.74, 6) is 0.383. The van der Waals surface area contributed by atoms with Crippen LogP contribution in [0.25, 0.3) is 11.5 Å². The van der Waals surface area contributed by atoms with Gasteiger partial charge in [0, 0.05) is 17.6 Å². The fourth-order valence-electron chi connectivity index (χ4n) is 3.09. The summed E-state index contributed by atoms with van der Waals surface area (Å²) in [7, 11) is 0. The molecular weight excluding hydrogens is 329 g/mol. The minimum Gasteiger partial charge on any atom is -0.411 e. The second-order valence-corrected chi connectivity index (χ2v) is 7.03. The predicted octanol–water partition coefficient (Wildman–Crippen LogP) is 3.76. The molecule has 24 heavy (non-hydrogen) atoms. The Balaban J connectivity index is 1.61. The summed E-state index contributed by atoms with van der Waals surface area (Å²) >= 11 is 1.24. The third kappa shape index (κ3) is 3.77. The number of thioether (sulfide) groups is 1. The van der Waals surface area contributed by atoms with Crippen LogP contribution in [0, 0.1) is 5.82 Å². The molecule has 1 aliphatic heterocycles. The molecule has 1 aromatic heterocycles. The number of halogens is 1. The Morgan fingerprint density at radius 2 is 1.92 bits per heavy atom. The highest BCUT2D eigenvalue weighted by atomic mass is 32.2. The van der Waals surface area contributed by atoms with Crippen molar-refractivity contribution in [2.24, 2.45) is 0 Å². The smallest absolute Gasteiger partial charge is 0.277 e. The molecular formula is C17H20FN3O2S. The van der Waals surface area contributed by atoms with Crippen molar-refractivity contribution < 1.29 is 13.6 Å². The van der Waals surface area contributed by atoms with Crippen molar-refractivity contribution in [2.75, 3.05) is 5.75 Å². The van der Waals surface area contributed by atoms with E-state index in [1.807, 2.05) is 4.90 Å². The van der Waals surface area contributed by atoms with E-state index in [2.05, 4.69) is 24.0 Å². The Hall–Kier alpha value is -1.89. The SMILES string of the molecule is CC1CCCC(C)N1C(=O)CSc1nnc(-c2ccc(F)cc2)o1. The predicted molar refractivity (Wildman–Crippen MR) is 90.0 cm³/mol. The van der Waals surface area contributed by atoms with Gasteiger partial charge in [-0.1, -0.05) is 11.8 Å². The van der Waals surface area contributed by atoms with Crippen LogP contribution in [-0.2, 0) is 4.79 Å². The Labute approximate surface area is 144 Å². The number of carbonyl (C=O) groups excluding carboxylic acids is 1. The van der Waals surface area contributed by atoms with Gasteiger partial charge in [-0.15, -0.1) is 10.2 Å². The highest BCUT2D eigenvalue weighted by molar-refractivity contribution is 7.99. The van der Waals surface area contributed by atoms with Gasteiger partial charge in [-0.25, -0.2) is 4.39 Å². The summed E-state index contributed by atoms with van der Waals surface area (Å²) in [5, 5.41) is 8.25. The molecule has 2 unspecified atom stereocenters. The van der Waals surface area contributed by atoms with Crippen LogP contribution in [0.1, 0.15) is 33.1 Å². The van der Waals surface area contributed by atoms with E-state index in [-0.39, 0.29) is 29.6 Å². The number of likely N-dealkylation sites (tertiary alicyclic amines) is 1. The molecule has 2 atom stereocenters. The molecule has 128 valence electrons. The molecule has 0 N–H and O–H groups in total. The van der Waals surface area contributed by atoms with Gasteiger partial charge in [0.2, 0.25) is 11.8 Å². The maximum atomic E-state index is 12.9. The molecule has 3 rings (SSSR count). The average Bonchev–Trinajstić information content (AvgIpc) is 3.02. The zero-order valence-electron chi connectivity index (χ0n) is 13.7. The number of aromatic nitrogens is 2. The molecule has 2 aromatic rings. The van der Waals surface area contributed by atoms with E-state index < -0.39 is 0 Å². The molecule has 2 heterocycles. The first-order valence-corrected chi connectivity index (χ1v) is 9.06. The van der Waals surface area contributed by atoms with Crippen LogP contribution in [0.4, 0.5) is 4.39 Å². The van der Waals surface area contributed by atoms with Gasteiger partial charge in [0.25, 0.3) is 5.22 Å². The van der Waals surface area contributed by atoms with Crippen molar-refractivity contribution in [1.29, 1.82) is 0 Å². The molecule has 1 aromatic carbocycles. The first kappa shape index (κ1) is 17.0. The third-order valence-electron chi connectivity index (χ3n) is 4.30. The maximum absolute atomic E-state index is 12.9. The van der Waals surface area contributed by atoms with Crippen LogP contribution in [0.2, 0.25) is 0 Å². The van der Waals surface area contributed by atoms with E-state index >= 15 is 0 Å². The number of piperidine rings is 1. The number of hydrogen-bond acceptors (Lipinski definition) is 5. The number of nitrogens with zero attached hydrogens (tertiary/aromatic N) is 3. The molecule has 7 heteroatoms. The van der Waals surface area contributed by atoms with Crippen LogP contribution >= 0.6 is 11.8 Å². The number of hydrogen-bond donors (Lipinski definition) is 0. The topological polar surface area (TPSA) is 59.2 Å². The van der Waals surface area contributed by atoms with Crippen LogP contribution in [-0.4, -0.2) is 38.8 Å². The van der Waals surface area contributed by atoms with Crippen molar-refractivity contribution in [2.45, 2.75) is 50.4 Å². The van der Waals surface area contributed by atoms with E-state index in [4.69, 9.17) is 4.42 Å². The number of carbonyl (C=O) groups is 1. The molecule has 0 aliphatic carbocycles. The average molecular weight is 349 g/mol. The minimum absolute atomic E-state index is 0.0984. The molecule has 1 saturated heterocycles. The van der Waals surface area contributed by atoms with E-state index in [9.17, 15) is 9.18 Å². The molecule has 0 bridgehead atoms. The lowest BCUT2D eigenvalue weighted by Crippen LogP contribution is -2.48. The Morgan fingerprint density at radius 3 is 2.58 bits per heavy atom. The minimum atomic E-state index is -0.316. The first-order chi connectivity index (χ1) is 11.5. The number of rotatable bonds is 4. The van der Waals surface area contributed by atoms with E-state index in [0.29, 0.717) is 16.7 Å². The summed E-state index contributed by atoms with van der Waals surface area (Å²) in [6.07, 6.45) is 3.27. The van der Waals surface area contributed by atoms with Gasteiger partial charge in [-0.05, 0) is 57.4 Å². The molecule has 1 fully saturated rings. The van der Waals surface area contributed by atoms with Gasteiger partial charge in [0.05, 0.1) is 5.75 Å². The number of amides is 1. The summed E-state index contributed by atoms with van der Waals surface area (Å²) in [5.41, 5.74) is 0.653. The van der Waals surface area contributed by atoms with Crippen molar-refractivity contribution in [3.63, 3.8) is 0 Å². The van der Waals surface area contributed by atoms with E-state index in [0.717, 1.165) is 12.8 Å². The normalized spacial score (nSPS) is 21.0. The lowest BCUT2D eigenvalue weighted by atomic mass is 9.98. The number of benzene rings is 1. The zero-order valence-corrected chi connectivity index (χ0v) is 14.6. The largest absolute Gasteiger partial charge is 0.411 e. The molecule has 1 aliphatic rings. The van der Waals surface area contributed by atoms with Gasteiger partial charge in [-0.2, -0.15) is 0 Å². The fraction of sp³-hybridized carbons (Fsp3) is 0.471. The highest BCUT2D eigenvalue weighted by Gasteiger charge is 2.29. The lowest BCUT2D eigenvalue weighted by molar-refractivity contribution is -0.134. The molecule has 0 saturated carbocycles. The van der Waals surface area contributed by atoms with Gasteiger partial charge in [-0.3, -0.25) is 4.79 Å². The summed E-state index contributed by atoms with van der Waals surface area (Å²) < 4.78 is 18.5. The van der Waals surface area contributed by atoms with Crippen LogP contribution < -0.4 is 0 Å². The Bertz CT molecular complexity index is 694. The van der Waals surface area contributed by atoms with Gasteiger partial charge in [0.15, 0.2) is 0 Å². The van der Waals surface area contributed by atoms with Gasteiger partial charge < -0.3 is 9.32 Å². The standard InChI is InChI=1S/C17H20FN3O2S/c1-11-4-3-5-12(2)21(11)15(22)10-24-17-20-19-16(23-17)13-6-8-14(18)9-7-13/h6-9,11-12H,3-5,10H2,1-2H3. The van der Waals surface area contributed by atoms with E-state index in [1.165, 1.54) is 30.3 Å². The second-order valence-electron chi connectivity index (χ2n) is 6.10. The Kier molecular flexibility index (Phi) is 5.18. The quantitative estimate of drug-likeness (QED) is 0.787. The van der Waals surface area contributed by atoms with Crippen molar-refractivity contribution in [1.82, 2.24) is 15.1 Å². The molecule has 0 spiro atoms. The maximum Gasteiger partial charge on any atom is 0.277 e. The third-order valence-corrected chi connectivity index (χ3v) is 5.10. The highest BCUT2D eigenvalue weighted by Crippen LogP contribution is 2.26. The summed E-state index contributed by atoms with van der Waals surface area (Å²) in [6, 6.07) is 6.40. The van der Waals surface area contributed by atoms with Gasteiger partial charge >= 0.3 is 0 Å². The monoisotopic (exact) mass is 349 g/mol. The molecule has 0 radical (unpaired) electrons. The fourth-order valence-corrected chi connectivity index (χ4v) is 3.72. The van der Waals surface area contributed by atoms with Crippen LogP contribution in [0.15, 0.2) is 33.9 Å². The van der Waals surface area contributed by atoms with Crippen molar-refractivity contribution in [3.05, 3.63) is 30.1 Å². The van der Waals surface area contributed by atoms with Crippen LogP contribution in [0.3, 0.4) is 0 Å². The van der Waals surface area contributed by atoms with Gasteiger partial charge in [0.1, 0.15) is 5.82 Å². The first-order valence-electron chi connectivity index (χ1n) is 8.08. The second kappa shape index (κ2) is 7.34. The summed E-state index contributed by atoms with van der Waals surface area (Å²) in [4.78, 5) is 14.4. The van der Waals surface area contributed by atoms with Crippen molar-refractivity contribution in [3.8, 4) is 11.5 Å². The lowest BCUT2D eigenvalue weighted by Gasteiger charge is -2.39.